The monoisotopic (exact) mass is 197 g/mol. The topological polar surface area (TPSA) is 50.4 Å². The molecule has 2 rings (SSSR count). The Morgan fingerprint density at radius 2 is 1.92 bits per heavy atom. The van der Waals surface area contributed by atoms with Gasteiger partial charge in [-0.15, -0.1) is 12.4 Å². The number of aliphatic imine (C=N–C) groups is 1. The van der Waals surface area contributed by atoms with Gasteiger partial charge in [-0.2, -0.15) is 0 Å². The van der Waals surface area contributed by atoms with E-state index in [1.165, 1.54) is 0 Å². The molecule has 0 saturated heterocycles. The molecule has 1 aliphatic heterocycles. The van der Waals surface area contributed by atoms with Crippen LogP contribution in [0.15, 0.2) is 29.3 Å². The van der Waals surface area contributed by atoms with Crippen LogP contribution in [0.4, 0.5) is 5.69 Å². The molecule has 0 amide bonds. The van der Waals surface area contributed by atoms with Crippen LogP contribution in [0.2, 0.25) is 0 Å². The number of benzene rings is 1. The average molecular weight is 198 g/mol. The first kappa shape index (κ1) is 9.86. The van der Waals surface area contributed by atoms with Gasteiger partial charge in [0.25, 0.3) is 0 Å². The minimum absolute atomic E-state index is 0. The number of nitrogens with zero attached hydrogens (tertiary/aromatic N) is 1. The first-order valence-corrected chi connectivity index (χ1v) is 4.00. The summed E-state index contributed by atoms with van der Waals surface area (Å²) in [5.74, 6) is 0.981. The third-order valence-corrected chi connectivity index (χ3v) is 1.86. The van der Waals surface area contributed by atoms with E-state index in [-0.39, 0.29) is 12.4 Å². The summed E-state index contributed by atoms with van der Waals surface area (Å²) in [6.07, 6.45) is 0. The van der Waals surface area contributed by atoms with Crippen molar-refractivity contribution in [1.29, 1.82) is 0 Å². The lowest BCUT2D eigenvalue weighted by Crippen LogP contribution is -2.19. The Bertz CT molecular complexity index is 305. The Hall–Kier alpha value is -1.22. The summed E-state index contributed by atoms with van der Waals surface area (Å²) >= 11 is 0. The van der Waals surface area contributed by atoms with Crippen LogP contribution in [0, 0.1) is 0 Å². The molecule has 4 heteroatoms. The van der Waals surface area contributed by atoms with Crippen molar-refractivity contribution in [2.24, 2.45) is 4.99 Å². The van der Waals surface area contributed by atoms with Crippen LogP contribution in [0.25, 0.3) is 0 Å². The summed E-state index contributed by atoms with van der Waals surface area (Å²) in [6, 6.07) is 7.73. The van der Waals surface area contributed by atoms with Crippen LogP contribution >= 0.6 is 12.4 Å². The summed E-state index contributed by atoms with van der Waals surface area (Å²) in [7, 11) is 0. The first-order chi connectivity index (χ1) is 5.86. The number of nitrogens with two attached hydrogens (primary N) is 1. The van der Waals surface area contributed by atoms with Gasteiger partial charge in [-0.25, -0.2) is 0 Å². The molecule has 0 bridgehead atoms. The predicted octanol–water partition coefficient (Wildman–Crippen LogP) is 1.04. The number of rotatable bonds is 1. The Balaban J connectivity index is 0.000000845. The van der Waals surface area contributed by atoms with Crippen LogP contribution in [0.3, 0.4) is 0 Å². The van der Waals surface area contributed by atoms with Crippen molar-refractivity contribution in [3.8, 4) is 0 Å². The fourth-order valence-electron chi connectivity index (χ4n) is 1.23. The summed E-state index contributed by atoms with van der Waals surface area (Å²) in [4.78, 5) is 4.30. The lowest BCUT2D eigenvalue weighted by atomic mass is 10.2. The van der Waals surface area contributed by atoms with Gasteiger partial charge in [0.2, 0.25) is 0 Å². The molecule has 0 saturated carbocycles. The summed E-state index contributed by atoms with van der Waals surface area (Å²) in [5.41, 5.74) is 7.47. The van der Waals surface area contributed by atoms with Gasteiger partial charge in [0.15, 0.2) is 0 Å². The van der Waals surface area contributed by atoms with Gasteiger partial charge >= 0.3 is 0 Å². The zero-order valence-corrected chi connectivity index (χ0v) is 7.97. The molecule has 0 fully saturated rings. The first-order valence-electron chi connectivity index (χ1n) is 4.00. The summed E-state index contributed by atoms with van der Waals surface area (Å²) < 4.78 is 0. The number of nitrogen functional groups attached to an aromatic ring is 1. The Labute approximate surface area is 83.5 Å². The number of nitrogens with one attached hydrogen (secondary N) is 1. The lowest BCUT2D eigenvalue weighted by Gasteiger charge is -2.01. The quantitative estimate of drug-likeness (QED) is 0.661. The Kier molecular flexibility index (Phi) is 3.14. The van der Waals surface area contributed by atoms with Crippen LogP contribution in [0.1, 0.15) is 5.56 Å². The van der Waals surface area contributed by atoms with Crippen LogP contribution in [-0.2, 0) is 0 Å². The molecule has 0 aromatic heterocycles. The van der Waals surface area contributed by atoms with E-state index >= 15 is 0 Å². The second-order valence-electron chi connectivity index (χ2n) is 2.78. The van der Waals surface area contributed by atoms with Crippen LogP contribution in [-0.4, -0.2) is 18.9 Å². The van der Waals surface area contributed by atoms with Crippen LogP contribution in [0.5, 0.6) is 0 Å². The van der Waals surface area contributed by atoms with Crippen molar-refractivity contribution in [3.05, 3.63) is 29.8 Å². The predicted molar refractivity (Wildman–Crippen MR) is 57.5 cm³/mol. The maximum Gasteiger partial charge on any atom is 0.128 e. The molecule has 3 nitrogen and oxygen atoms in total. The van der Waals surface area contributed by atoms with E-state index in [1.54, 1.807) is 0 Å². The smallest absolute Gasteiger partial charge is 0.128 e. The zero-order valence-electron chi connectivity index (χ0n) is 7.16. The molecule has 0 spiro atoms. The lowest BCUT2D eigenvalue weighted by molar-refractivity contribution is 0.960. The van der Waals surface area contributed by atoms with Crippen molar-refractivity contribution >= 4 is 23.9 Å². The Morgan fingerprint density at radius 3 is 2.46 bits per heavy atom. The van der Waals surface area contributed by atoms with Gasteiger partial charge in [-0.1, -0.05) is 0 Å². The van der Waals surface area contributed by atoms with E-state index in [1.807, 2.05) is 24.3 Å². The summed E-state index contributed by atoms with van der Waals surface area (Å²) in [6.45, 7) is 1.82. The van der Waals surface area contributed by atoms with E-state index in [2.05, 4.69) is 10.3 Å². The highest BCUT2D eigenvalue weighted by Crippen LogP contribution is 2.07. The number of halogens is 1. The molecule has 0 unspecified atom stereocenters. The molecule has 1 aromatic carbocycles. The van der Waals surface area contributed by atoms with Crippen molar-refractivity contribution in [1.82, 2.24) is 5.32 Å². The third-order valence-electron chi connectivity index (χ3n) is 1.86. The SMILES string of the molecule is Cl.Nc1ccc(C2=NCCN2)cc1. The molecule has 1 heterocycles. The van der Waals surface area contributed by atoms with Crippen molar-refractivity contribution < 1.29 is 0 Å². The second kappa shape index (κ2) is 4.14. The maximum absolute atomic E-state index is 5.57. The average Bonchev–Trinajstić information content (AvgIpc) is 2.58. The molecule has 1 aromatic rings. The van der Waals surface area contributed by atoms with E-state index in [9.17, 15) is 0 Å². The third kappa shape index (κ3) is 2.12. The molecule has 13 heavy (non-hydrogen) atoms. The number of anilines is 1. The molecular formula is C9H12ClN3. The number of hydrogen-bond acceptors (Lipinski definition) is 3. The second-order valence-corrected chi connectivity index (χ2v) is 2.78. The normalized spacial score (nSPS) is 14.3. The van der Waals surface area contributed by atoms with Crippen molar-refractivity contribution in [3.63, 3.8) is 0 Å². The van der Waals surface area contributed by atoms with E-state index in [0.29, 0.717) is 0 Å². The molecule has 3 N–H and O–H groups in total. The molecule has 1 aliphatic rings. The summed E-state index contributed by atoms with van der Waals surface area (Å²) in [5, 5.41) is 3.20. The Morgan fingerprint density at radius 1 is 1.23 bits per heavy atom. The highest BCUT2D eigenvalue weighted by atomic mass is 35.5. The van der Waals surface area contributed by atoms with Gasteiger partial charge in [0.05, 0.1) is 6.54 Å². The number of amidine groups is 1. The van der Waals surface area contributed by atoms with Gasteiger partial charge < -0.3 is 11.1 Å². The van der Waals surface area contributed by atoms with Crippen molar-refractivity contribution in [2.45, 2.75) is 0 Å². The van der Waals surface area contributed by atoms with Crippen molar-refractivity contribution in [2.75, 3.05) is 18.8 Å². The van der Waals surface area contributed by atoms with Gasteiger partial charge in [0.1, 0.15) is 5.84 Å². The van der Waals surface area contributed by atoms with Gasteiger partial charge in [0, 0.05) is 17.8 Å². The van der Waals surface area contributed by atoms with Gasteiger partial charge in [-0.3, -0.25) is 4.99 Å². The van der Waals surface area contributed by atoms with E-state index in [0.717, 1.165) is 30.2 Å². The highest BCUT2D eigenvalue weighted by molar-refractivity contribution is 5.99. The van der Waals surface area contributed by atoms with Crippen LogP contribution < -0.4 is 11.1 Å². The minimum atomic E-state index is 0. The molecule has 70 valence electrons. The van der Waals surface area contributed by atoms with E-state index in [4.69, 9.17) is 5.73 Å². The van der Waals surface area contributed by atoms with E-state index < -0.39 is 0 Å². The molecule has 0 aliphatic carbocycles. The molecule has 0 radical (unpaired) electrons. The zero-order chi connectivity index (χ0) is 8.39. The largest absolute Gasteiger partial charge is 0.399 e. The standard InChI is InChI=1S/C9H11N3.ClH/c10-8-3-1-7(2-4-8)9-11-5-6-12-9;/h1-4H,5-6,10H2,(H,11,12);1H. The molecular weight excluding hydrogens is 186 g/mol. The molecule has 0 atom stereocenters. The fourth-order valence-corrected chi connectivity index (χ4v) is 1.23. The minimum Gasteiger partial charge on any atom is -0.399 e. The van der Waals surface area contributed by atoms with Gasteiger partial charge in [-0.05, 0) is 24.3 Å². The fraction of sp³-hybridized carbons (Fsp3) is 0.222. The maximum atomic E-state index is 5.57. The highest BCUT2D eigenvalue weighted by Gasteiger charge is 2.06. The number of hydrogen-bond donors (Lipinski definition) is 2.